The first-order chi connectivity index (χ1) is 10.0. The third kappa shape index (κ3) is 3.48. The van der Waals surface area contributed by atoms with Gasteiger partial charge in [0.25, 0.3) is 5.91 Å². The Labute approximate surface area is 123 Å². The molecule has 108 valence electrons. The summed E-state index contributed by atoms with van der Waals surface area (Å²) in [5, 5.41) is 2.80. The molecule has 0 aromatic heterocycles. The minimum Gasteiger partial charge on any atom is -0.496 e. The number of ether oxygens (including phenoxy) is 1. The fourth-order valence-corrected chi connectivity index (χ4v) is 1.99. The molecule has 0 aliphatic rings. The number of methoxy groups -OCH3 is 1. The Morgan fingerprint density at radius 3 is 2.29 bits per heavy atom. The van der Waals surface area contributed by atoms with Crippen molar-refractivity contribution in [2.45, 2.75) is 13.8 Å². The number of benzene rings is 2. The summed E-state index contributed by atoms with van der Waals surface area (Å²) in [4.78, 5) is 23.5. The topological polar surface area (TPSA) is 55.4 Å². The van der Waals surface area contributed by atoms with Crippen LogP contribution in [-0.2, 0) is 0 Å². The number of hydrogen-bond acceptors (Lipinski definition) is 3. The van der Waals surface area contributed by atoms with Crippen molar-refractivity contribution >= 4 is 17.4 Å². The quantitative estimate of drug-likeness (QED) is 0.874. The van der Waals surface area contributed by atoms with Crippen LogP contribution in [0.2, 0.25) is 0 Å². The van der Waals surface area contributed by atoms with Crippen LogP contribution in [-0.4, -0.2) is 18.8 Å². The van der Waals surface area contributed by atoms with Gasteiger partial charge < -0.3 is 10.1 Å². The van der Waals surface area contributed by atoms with Gasteiger partial charge >= 0.3 is 0 Å². The number of nitrogens with one attached hydrogen (secondary N) is 1. The molecular formula is C17H17NO3. The van der Waals surface area contributed by atoms with Crippen LogP contribution in [0.5, 0.6) is 5.75 Å². The Morgan fingerprint density at radius 2 is 1.71 bits per heavy atom. The molecule has 0 aliphatic heterocycles. The number of Topliss-reactive ketones (excluding diaryl/α,β-unsaturated/α-hetero) is 1. The van der Waals surface area contributed by atoms with E-state index < -0.39 is 0 Å². The van der Waals surface area contributed by atoms with E-state index in [1.165, 1.54) is 14.0 Å². The normalized spacial score (nSPS) is 10.0. The predicted molar refractivity (Wildman–Crippen MR) is 82.1 cm³/mol. The lowest BCUT2D eigenvalue weighted by atomic mass is 10.1. The Kier molecular flexibility index (Phi) is 4.38. The fourth-order valence-electron chi connectivity index (χ4n) is 1.99. The van der Waals surface area contributed by atoms with Gasteiger partial charge in [-0.25, -0.2) is 0 Å². The molecule has 0 saturated carbocycles. The lowest BCUT2D eigenvalue weighted by Gasteiger charge is -2.10. The standard InChI is InChI=1S/C17H17NO3/c1-11-4-9-16(21-3)15(10-11)17(20)18-14-7-5-13(6-8-14)12(2)19/h4-10H,1-3H3,(H,18,20). The fraction of sp³-hybridized carbons (Fsp3) is 0.176. The van der Waals surface area contributed by atoms with Gasteiger partial charge in [-0.2, -0.15) is 0 Å². The zero-order chi connectivity index (χ0) is 15.4. The second-order valence-electron chi connectivity index (χ2n) is 4.79. The molecule has 0 saturated heterocycles. The van der Waals surface area contributed by atoms with E-state index in [9.17, 15) is 9.59 Å². The predicted octanol–water partition coefficient (Wildman–Crippen LogP) is 3.46. The highest BCUT2D eigenvalue weighted by atomic mass is 16.5. The lowest BCUT2D eigenvalue weighted by molar-refractivity contribution is 0.101. The highest BCUT2D eigenvalue weighted by Gasteiger charge is 2.12. The molecule has 4 nitrogen and oxygen atoms in total. The number of carbonyl (C=O) groups is 2. The van der Waals surface area contributed by atoms with Gasteiger partial charge in [0.2, 0.25) is 0 Å². The average molecular weight is 283 g/mol. The highest BCUT2D eigenvalue weighted by molar-refractivity contribution is 6.06. The molecule has 0 fully saturated rings. The molecule has 4 heteroatoms. The molecule has 0 aliphatic carbocycles. The number of rotatable bonds is 4. The number of amides is 1. The Morgan fingerprint density at radius 1 is 1.05 bits per heavy atom. The van der Waals surface area contributed by atoms with Crippen LogP contribution in [0.4, 0.5) is 5.69 Å². The summed E-state index contributed by atoms with van der Waals surface area (Å²) in [5.41, 5.74) is 2.70. The minimum atomic E-state index is -0.244. The Balaban J connectivity index is 2.21. The van der Waals surface area contributed by atoms with E-state index in [2.05, 4.69) is 5.32 Å². The smallest absolute Gasteiger partial charge is 0.259 e. The van der Waals surface area contributed by atoms with Gasteiger partial charge in [-0.3, -0.25) is 9.59 Å². The van der Waals surface area contributed by atoms with Crippen molar-refractivity contribution in [2.75, 3.05) is 12.4 Å². The third-order valence-corrected chi connectivity index (χ3v) is 3.15. The monoisotopic (exact) mass is 283 g/mol. The van der Waals surface area contributed by atoms with Crippen LogP contribution in [0.15, 0.2) is 42.5 Å². The molecule has 0 bridgehead atoms. The average Bonchev–Trinajstić information content (AvgIpc) is 2.47. The van der Waals surface area contributed by atoms with Crippen molar-refractivity contribution in [1.29, 1.82) is 0 Å². The zero-order valence-corrected chi connectivity index (χ0v) is 12.3. The second kappa shape index (κ2) is 6.22. The molecule has 1 N–H and O–H groups in total. The van der Waals surface area contributed by atoms with Crippen molar-refractivity contribution < 1.29 is 14.3 Å². The van der Waals surface area contributed by atoms with Gasteiger partial charge in [0, 0.05) is 11.3 Å². The molecule has 0 atom stereocenters. The molecular weight excluding hydrogens is 266 g/mol. The lowest BCUT2D eigenvalue weighted by Crippen LogP contribution is -2.13. The molecule has 2 aromatic rings. The molecule has 0 heterocycles. The van der Waals surface area contributed by atoms with E-state index in [0.29, 0.717) is 22.6 Å². The van der Waals surface area contributed by atoms with Crippen LogP contribution >= 0.6 is 0 Å². The van der Waals surface area contributed by atoms with Gasteiger partial charge in [0.05, 0.1) is 12.7 Å². The van der Waals surface area contributed by atoms with Crippen molar-refractivity contribution in [3.05, 3.63) is 59.2 Å². The maximum absolute atomic E-state index is 12.3. The van der Waals surface area contributed by atoms with E-state index in [4.69, 9.17) is 4.74 Å². The van der Waals surface area contributed by atoms with Gasteiger partial charge in [-0.05, 0) is 50.2 Å². The van der Waals surface area contributed by atoms with Crippen LogP contribution in [0.25, 0.3) is 0 Å². The first-order valence-corrected chi connectivity index (χ1v) is 6.58. The Hall–Kier alpha value is -2.62. The van der Waals surface area contributed by atoms with Crippen LogP contribution in [0, 0.1) is 6.92 Å². The van der Waals surface area contributed by atoms with E-state index in [1.807, 2.05) is 13.0 Å². The van der Waals surface area contributed by atoms with Crippen molar-refractivity contribution in [3.63, 3.8) is 0 Å². The van der Waals surface area contributed by atoms with Gasteiger partial charge in [-0.1, -0.05) is 11.6 Å². The number of ketones is 1. The van der Waals surface area contributed by atoms with Crippen LogP contribution in [0.3, 0.4) is 0 Å². The van der Waals surface area contributed by atoms with E-state index in [0.717, 1.165) is 5.56 Å². The first kappa shape index (κ1) is 14.8. The van der Waals surface area contributed by atoms with Crippen molar-refractivity contribution in [1.82, 2.24) is 0 Å². The number of aryl methyl sites for hydroxylation is 1. The van der Waals surface area contributed by atoms with E-state index in [1.54, 1.807) is 36.4 Å². The third-order valence-electron chi connectivity index (χ3n) is 3.15. The summed E-state index contributed by atoms with van der Waals surface area (Å²) >= 11 is 0. The maximum atomic E-state index is 12.3. The summed E-state index contributed by atoms with van der Waals surface area (Å²) in [6, 6.07) is 12.2. The van der Waals surface area contributed by atoms with Crippen molar-refractivity contribution in [3.8, 4) is 5.75 Å². The van der Waals surface area contributed by atoms with E-state index >= 15 is 0 Å². The molecule has 21 heavy (non-hydrogen) atoms. The SMILES string of the molecule is COc1ccc(C)cc1C(=O)Nc1ccc(C(C)=O)cc1. The molecule has 2 rings (SSSR count). The van der Waals surface area contributed by atoms with Crippen LogP contribution < -0.4 is 10.1 Å². The maximum Gasteiger partial charge on any atom is 0.259 e. The summed E-state index contributed by atoms with van der Waals surface area (Å²) in [5.74, 6) is 0.276. The highest BCUT2D eigenvalue weighted by Crippen LogP contribution is 2.21. The zero-order valence-electron chi connectivity index (χ0n) is 12.3. The number of anilines is 1. The Bertz CT molecular complexity index is 675. The van der Waals surface area contributed by atoms with Crippen molar-refractivity contribution in [2.24, 2.45) is 0 Å². The second-order valence-corrected chi connectivity index (χ2v) is 4.79. The molecule has 0 spiro atoms. The summed E-state index contributed by atoms with van der Waals surface area (Å²) in [7, 11) is 1.53. The summed E-state index contributed by atoms with van der Waals surface area (Å²) in [6.45, 7) is 3.42. The largest absolute Gasteiger partial charge is 0.496 e. The molecule has 0 radical (unpaired) electrons. The first-order valence-electron chi connectivity index (χ1n) is 6.58. The minimum absolute atomic E-state index is 0.00627. The summed E-state index contributed by atoms with van der Waals surface area (Å²) in [6.07, 6.45) is 0. The number of hydrogen-bond donors (Lipinski definition) is 1. The van der Waals surface area contributed by atoms with Gasteiger partial charge in [0.15, 0.2) is 5.78 Å². The number of carbonyl (C=O) groups excluding carboxylic acids is 2. The van der Waals surface area contributed by atoms with E-state index in [-0.39, 0.29) is 11.7 Å². The van der Waals surface area contributed by atoms with Gasteiger partial charge in [0.1, 0.15) is 5.75 Å². The molecule has 2 aromatic carbocycles. The summed E-state index contributed by atoms with van der Waals surface area (Å²) < 4.78 is 5.20. The van der Waals surface area contributed by atoms with Crippen LogP contribution in [0.1, 0.15) is 33.2 Å². The molecule has 1 amide bonds. The van der Waals surface area contributed by atoms with Gasteiger partial charge in [-0.15, -0.1) is 0 Å². The molecule has 0 unspecified atom stereocenters.